The van der Waals surface area contributed by atoms with Gasteiger partial charge in [-0.05, 0) is 30.5 Å². The van der Waals surface area contributed by atoms with Gasteiger partial charge in [-0.1, -0.05) is 19.9 Å². The lowest BCUT2D eigenvalue weighted by molar-refractivity contribution is -0.150. The summed E-state index contributed by atoms with van der Waals surface area (Å²) in [4.78, 5) is 36.7. The van der Waals surface area contributed by atoms with E-state index in [4.69, 9.17) is 5.73 Å². The average Bonchev–Trinajstić information content (AvgIpc) is 2.92. The number of aliphatic carboxylic acids is 1. The second kappa shape index (κ2) is 6.28. The fourth-order valence-corrected chi connectivity index (χ4v) is 2.95. The van der Waals surface area contributed by atoms with Crippen LogP contribution in [0.25, 0.3) is 0 Å². The number of rotatable bonds is 4. The van der Waals surface area contributed by atoms with Crippen LogP contribution in [-0.2, 0) is 4.79 Å². The van der Waals surface area contributed by atoms with Gasteiger partial charge >= 0.3 is 12.0 Å². The maximum Gasteiger partial charge on any atom is 0.316 e. The predicted molar refractivity (Wildman–Crippen MR) is 85.1 cm³/mol. The highest BCUT2D eigenvalue weighted by Gasteiger charge is 2.48. The van der Waals surface area contributed by atoms with Gasteiger partial charge in [0.1, 0.15) is 0 Å². The predicted octanol–water partition coefficient (Wildman–Crippen LogP) is 1.75. The van der Waals surface area contributed by atoms with Crippen LogP contribution in [0.4, 0.5) is 10.5 Å². The summed E-state index contributed by atoms with van der Waals surface area (Å²) in [6.45, 7) is 4.31. The Morgan fingerprint density at radius 2 is 2.04 bits per heavy atom. The van der Waals surface area contributed by atoms with Crippen LogP contribution in [0.1, 0.15) is 30.6 Å². The van der Waals surface area contributed by atoms with Crippen LogP contribution < -0.4 is 11.1 Å². The molecule has 2 rings (SSSR count). The molecule has 0 radical (unpaired) electrons. The van der Waals surface area contributed by atoms with Gasteiger partial charge in [0.05, 0.1) is 5.41 Å². The maximum atomic E-state index is 12.6. The Morgan fingerprint density at radius 1 is 1.35 bits per heavy atom. The molecule has 3 amide bonds. The molecule has 1 aromatic rings. The Kier molecular flexibility index (Phi) is 4.58. The van der Waals surface area contributed by atoms with Crippen molar-refractivity contribution >= 4 is 23.6 Å². The first kappa shape index (κ1) is 16.8. The molecular weight excluding hydrogens is 298 g/mol. The van der Waals surface area contributed by atoms with E-state index in [9.17, 15) is 19.5 Å². The number of urea groups is 1. The number of amides is 3. The number of carbonyl (C=O) groups is 3. The van der Waals surface area contributed by atoms with Crippen LogP contribution in [0.5, 0.6) is 0 Å². The highest BCUT2D eigenvalue weighted by Crippen LogP contribution is 2.38. The van der Waals surface area contributed by atoms with Crippen molar-refractivity contribution in [2.45, 2.75) is 20.3 Å². The van der Waals surface area contributed by atoms with E-state index in [0.29, 0.717) is 24.2 Å². The zero-order chi connectivity index (χ0) is 17.2. The molecule has 7 heteroatoms. The summed E-state index contributed by atoms with van der Waals surface area (Å²) in [6, 6.07) is 5.72. The number of hydrogen-bond acceptors (Lipinski definition) is 3. The summed E-state index contributed by atoms with van der Waals surface area (Å²) >= 11 is 0. The topological polar surface area (TPSA) is 113 Å². The van der Waals surface area contributed by atoms with Gasteiger partial charge in [0.15, 0.2) is 0 Å². The molecule has 1 aliphatic rings. The summed E-state index contributed by atoms with van der Waals surface area (Å²) in [5, 5.41) is 12.0. The Morgan fingerprint density at radius 3 is 2.57 bits per heavy atom. The Labute approximate surface area is 134 Å². The first-order valence-corrected chi connectivity index (χ1v) is 7.45. The Bertz CT molecular complexity index is 644. The minimum Gasteiger partial charge on any atom is -0.481 e. The lowest BCUT2D eigenvalue weighted by Gasteiger charge is -2.28. The molecule has 1 unspecified atom stereocenters. The van der Waals surface area contributed by atoms with Crippen molar-refractivity contribution < 1.29 is 19.5 Å². The van der Waals surface area contributed by atoms with Gasteiger partial charge in [-0.2, -0.15) is 0 Å². The van der Waals surface area contributed by atoms with Gasteiger partial charge in [0.25, 0.3) is 5.91 Å². The number of anilines is 1. The van der Waals surface area contributed by atoms with E-state index >= 15 is 0 Å². The number of carboxylic acids is 1. The second-order valence-corrected chi connectivity index (χ2v) is 6.16. The number of nitrogens with zero attached hydrogens (tertiary/aromatic N) is 1. The SMILES string of the molecule is CC(C)C1(C(=O)O)CCN(C(=O)c2cccc(NC(N)=O)c2)C1. The molecule has 1 saturated heterocycles. The largest absolute Gasteiger partial charge is 0.481 e. The fraction of sp³-hybridized carbons (Fsp3) is 0.438. The van der Waals surface area contributed by atoms with Gasteiger partial charge in [0, 0.05) is 24.3 Å². The van der Waals surface area contributed by atoms with Gasteiger partial charge in [0.2, 0.25) is 0 Å². The summed E-state index contributed by atoms with van der Waals surface area (Å²) in [5.41, 5.74) is 4.98. The summed E-state index contributed by atoms with van der Waals surface area (Å²) in [6.07, 6.45) is 0.435. The normalized spacial score (nSPS) is 20.6. The third kappa shape index (κ3) is 3.28. The van der Waals surface area contributed by atoms with Crippen LogP contribution in [0, 0.1) is 11.3 Å². The number of carboxylic acid groups (broad SMARTS) is 1. The van der Waals surface area contributed by atoms with E-state index in [2.05, 4.69) is 5.32 Å². The second-order valence-electron chi connectivity index (χ2n) is 6.16. The first-order chi connectivity index (χ1) is 10.8. The van der Waals surface area contributed by atoms with Gasteiger partial charge in [-0.15, -0.1) is 0 Å². The average molecular weight is 319 g/mol. The molecule has 0 aliphatic carbocycles. The number of nitrogens with two attached hydrogens (primary N) is 1. The molecule has 0 spiro atoms. The number of likely N-dealkylation sites (tertiary alicyclic amines) is 1. The van der Waals surface area contributed by atoms with E-state index in [1.807, 2.05) is 13.8 Å². The van der Waals surface area contributed by atoms with Crippen molar-refractivity contribution in [2.75, 3.05) is 18.4 Å². The van der Waals surface area contributed by atoms with Crippen LogP contribution in [-0.4, -0.2) is 41.0 Å². The molecule has 4 N–H and O–H groups in total. The van der Waals surface area contributed by atoms with Crippen molar-refractivity contribution in [3.8, 4) is 0 Å². The lowest BCUT2D eigenvalue weighted by atomic mass is 9.76. The molecule has 1 atom stereocenters. The number of carbonyl (C=O) groups excluding carboxylic acids is 2. The van der Waals surface area contributed by atoms with Gasteiger partial charge in [-0.3, -0.25) is 9.59 Å². The van der Waals surface area contributed by atoms with Crippen LogP contribution in [0.3, 0.4) is 0 Å². The molecule has 1 fully saturated rings. The quantitative estimate of drug-likeness (QED) is 0.784. The minimum absolute atomic E-state index is 0.0688. The van der Waals surface area contributed by atoms with Crippen LogP contribution in [0.2, 0.25) is 0 Å². The fourth-order valence-electron chi connectivity index (χ4n) is 2.95. The third-order valence-corrected chi connectivity index (χ3v) is 4.50. The number of primary amides is 1. The molecular formula is C16H21N3O4. The molecule has 0 saturated carbocycles. The van der Waals surface area contributed by atoms with Crippen molar-refractivity contribution in [2.24, 2.45) is 17.1 Å². The van der Waals surface area contributed by atoms with E-state index in [1.54, 1.807) is 23.1 Å². The highest BCUT2D eigenvalue weighted by molar-refractivity contribution is 5.97. The number of nitrogens with one attached hydrogen (secondary N) is 1. The van der Waals surface area contributed by atoms with Crippen molar-refractivity contribution in [1.82, 2.24) is 4.90 Å². The molecule has 124 valence electrons. The molecule has 1 aliphatic heterocycles. The van der Waals surface area contributed by atoms with Crippen molar-refractivity contribution in [1.29, 1.82) is 0 Å². The van der Waals surface area contributed by atoms with Gasteiger partial charge in [-0.25, -0.2) is 4.79 Å². The van der Waals surface area contributed by atoms with Crippen LogP contribution in [0.15, 0.2) is 24.3 Å². The van der Waals surface area contributed by atoms with E-state index in [0.717, 1.165) is 0 Å². The summed E-state index contributed by atoms with van der Waals surface area (Å²) in [5.74, 6) is -1.19. The molecule has 7 nitrogen and oxygen atoms in total. The van der Waals surface area contributed by atoms with E-state index in [-0.39, 0.29) is 18.4 Å². The molecule has 23 heavy (non-hydrogen) atoms. The van der Waals surface area contributed by atoms with Gasteiger partial charge < -0.3 is 21.1 Å². The smallest absolute Gasteiger partial charge is 0.316 e. The third-order valence-electron chi connectivity index (χ3n) is 4.50. The number of benzene rings is 1. The van der Waals surface area contributed by atoms with Crippen molar-refractivity contribution in [3.05, 3.63) is 29.8 Å². The summed E-state index contributed by atoms with van der Waals surface area (Å²) in [7, 11) is 0. The standard InChI is InChI=1S/C16H21N3O4/c1-10(2)16(14(21)22)6-7-19(9-16)13(20)11-4-3-5-12(8-11)18-15(17)23/h3-5,8,10H,6-7,9H2,1-2H3,(H,21,22)(H3,17,18,23). The van der Waals surface area contributed by atoms with E-state index in [1.165, 1.54) is 6.07 Å². The molecule has 0 bridgehead atoms. The summed E-state index contributed by atoms with van der Waals surface area (Å²) < 4.78 is 0. The monoisotopic (exact) mass is 319 g/mol. The Hall–Kier alpha value is -2.57. The molecule has 1 heterocycles. The first-order valence-electron chi connectivity index (χ1n) is 7.45. The minimum atomic E-state index is -0.904. The molecule has 0 aromatic heterocycles. The van der Waals surface area contributed by atoms with E-state index < -0.39 is 17.4 Å². The maximum absolute atomic E-state index is 12.6. The lowest BCUT2D eigenvalue weighted by Crippen LogP contribution is -2.40. The zero-order valence-corrected chi connectivity index (χ0v) is 13.2. The number of hydrogen-bond donors (Lipinski definition) is 3. The molecule has 1 aromatic carbocycles. The highest BCUT2D eigenvalue weighted by atomic mass is 16.4. The van der Waals surface area contributed by atoms with Crippen LogP contribution >= 0.6 is 0 Å². The zero-order valence-electron chi connectivity index (χ0n) is 13.2. The Balaban J connectivity index is 2.19. The van der Waals surface area contributed by atoms with Crippen molar-refractivity contribution in [3.63, 3.8) is 0 Å².